The van der Waals surface area contributed by atoms with Crippen LogP contribution >= 0.6 is 0 Å². The number of nitrogens with two attached hydrogens (primary N) is 1. The van der Waals surface area contributed by atoms with E-state index in [1.807, 2.05) is 0 Å². The molecule has 0 aliphatic heterocycles. The van der Waals surface area contributed by atoms with Gasteiger partial charge in [-0.25, -0.2) is 0 Å². The lowest BCUT2D eigenvalue weighted by atomic mass is 10.2. The van der Waals surface area contributed by atoms with Gasteiger partial charge in [0.15, 0.2) is 5.96 Å². The third kappa shape index (κ3) is 5.95. The van der Waals surface area contributed by atoms with Crippen LogP contribution in [0.5, 0.6) is 0 Å². The maximum Gasteiger partial charge on any atom is 0.188 e. The van der Waals surface area contributed by atoms with E-state index in [-0.39, 0.29) is 0 Å². The molecule has 1 aliphatic rings. The number of hydrogen-bond acceptors (Lipinski definition) is 2. The molecule has 0 unspecified atom stereocenters. The minimum Gasteiger partial charge on any atom is -0.381 e. The lowest BCUT2D eigenvalue weighted by Crippen LogP contribution is -2.38. The molecule has 4 nitrogen and oxygen atoms in total. The van der Waals surface area contributed by atoms with Gasteiger partial charge in [0, 0.05) is 25.8 Å². The molecule has 0 heterocycles. The van der Waals surface area contributed by atoms with Crippen LogP contribution < -0.4 is 11.1 Å². The van der Waals surface area contributed by atoms with E-state index in [0.29, 0.717) is 12.0 Å². The van der Waals surface area contributed by atoms with E-state index in [1.165, 1.54) is 25.7 Å². The second-order valence-electron chi connectivity index (χ2n) is 4.36. The maximum atomic E-state index is 5.79. The largest absolute Gasteiger partial charge is 0.381 e. The van der Waals surface area contributed by atoms with Gasteiger partial charge in [0.2, 0.25) is 0 Å². The summed E-state index contributed by atoms with van der Waals surface area (Å²) in [5.74, 6) is 0.599. The second-order valence-corrected chi connectivity index (χ2v) is 4.36. The van der Waals surface area contributed by atoms with Crippen LogP contribution in [0.2, 0.25) is 0 Å². The van der Waals surface area contributed by atoms with E-state index in [1.54, 1.807) is 0 Å². The second kappa shape index (κ2) is 8.39. The molecule has 0 aromatic carbocycles. The van der Waals surface area contributed by atoms with Gasteiger partial charge in [0.05, 0.1) is 0 Å². The molecular formula is C12H25N3O. The first-order valence-electron chi connectivity index (χ1n) is 6.47. The molecule has 0 atom stereocenters. The highest BCUT2D eigenvalue weighted by Crippen LogP contribution is 2.17. The summed E-state index contributed by atoms with van der Waals surface area (Å²) in [5, 5.41) is 3.27. The number of guanidine groups is 1. The van der Waals surface area contributed by atoms with Gasteiger partial charge in [0.1, 0.15) is 0 Å². The number of nitrogens with zero attached hydrogens (tertiary/aromatic N) is 1. The third-order valence-electron chi connectivity index (χ3n) is 2.78. The summed E-state index contributed by atoms with van der Waals surface area (Å²) in [5.41, 5.74) is 5.79. The first kappa shape index (κ1) is 13.3. The maximum absolute atomic E-state index is 5.79. The van der Waals surface area contributed by atoms with Gasteiger partial charge in [-0.3, -0.25) is 4.99 Å². The smallest absolute Gasteiger partial charge is 0.188 e. The Labute approximate surface area is 98.6 Å². The first-order chi connectivity index (χ1) is 7.83. The molecule has 4 heteroatoms. The van der Waals surface area contributed by atoms with E-state index in [2.05, 4.69) is 17.2 Å². The summed E-state index contributed by atoms with van der Waals surface area (Å²) in [6.07, 6.45) is 7.12. The van der Waals surface area contributed by atoms with Gasteiger partial charge in [-0.2, -0.15) is 0 Å². The van der Waals surface area contributed by atoms with Crippen LogP contribution in [-0.2, 0) is 4.74 Å². The minimum absolute atomic E-state index is 0.556. The van der Waals surface area contributed by atoms with Crippen molar-refractivity contribution >= 4 is 5.96 Å². The fraction of sp³-hybridized carbons (Fsp3) is 0.917. The zero-order valence-corrected chi connectivity index (χ0v) is 10.4. The van der Waals surface area contributed by atoms with Gasteiger partial charge >= 0.3 is 0 Å². The average Bonchev–Trinajstić information content (AvgIpc) is 2.76. The Kier molecular flexibility index (Phi) is 6.97. The highest BCUT2D eigenvalue weighted by molar-refractivity contribution is 5.78. The number of ether oxygens (including phenoxy) is 1. The lowest BCUT2D eigenvalue weighted by Gasteiger charge is -2.12. The van der Waals surface area contributed by atoms with Crippen LogP contribution in [0, 0.1) is 0 Å². The standard InChI is InChI=1S/C12H25N3O/c1-2-9-16-10-5-8-14-12(13)15-11-6-3-4-7-11/h11H,2-10H2,1H3,(H3,13,14,15). The predicted octanol–water partition coefficient (Wildman–Crippen LogP) is 1.65. The highest BCUT2D eigenvalue weighted by atomic mass is 16.5. The van der Waals surface area contributed by atoms with Gasteiger partial charge in [-0.1, -0.05) is 19.8 Å². The van der Waals surface area contributed by atoms with Crippen molar-refractivity contribution in [2.75, 3.05) is 19.8 Å². The molecule has 0 bridgehead atoms. The molecule has 1 aliphatic carbocycles. The summed E-state index contributed by atoms with van der Waals surface area (Å²) in [7, 11) is 0. The number of aliphatic imine (C=N–C) groups is 1. The molecule has 0 aromatic heterocycles. The molecule has 0 amide bonds. The van der Waals surface area contributed by atoms with E-state index in [9.17, 15) is 0 Å². The van der Waals surface area contributed by atoms with Gasteiger partial charge in [-0.15, -0.1) is 0 Å². The van der Waals surface area contributed by atoms with Gasteiger partial charge in [-0.05, 0) is 25.7 Å². The summed E-state index contributed by atoms with van der Waals surface area (Å²) in [4.78, 5) is 4.29. The molecule has 0 saturated heterocycles. The number of hydrogen-bond donors (Lipinski definition) is 2. The van der Waals surface area contributed by atoms with Crippen molar-refractivity contribution in [2.45, 2.75) is 51.5 Å². The van der Waals surface area contributed by atoms with E-state index < -0.39 is 0 Å². The molecule has 1 saturated carbocycles. The Hall–Kier alpha value is -0.770. The molecule has 0 spiro atoms. The van der Waals surface area contributed by atoms with Crippen molar-refractivity contribution in [1.82, 2.24) is 5.32 Å². The molecule has 0 aromatic rings. The molecule has 3 N–H and O–H groups in total. The van der Waals surface area contributed by atoms with Crippen LogP contribution in [0.15, 0.2) is 4.99 Å². The molecule has 16 heavy (non-hydrogen) atoms. The minimum atomic E-state index is 0.556. The van der Waals surface area contributed by atoms with Crippen LogP contribution in [-0.4, -0.2) is 31.8 Å². The predicted molar refractivity (Wildman–Crippen MR) is 67.6 cm³/mol. The lowest BCUT2D eigenvalue weighted by molar-refractivity contribution is 0.134. The van der Waals surface area contributed by atoms with Crippen LogP contribution in [0.4, 0.5) is 0 Å². The summed E-state index contributed by atoms with van der Waals surface area (Å²) in [6, 6.07) is 0.556. The quantitative estimate of drug-likeness (QED) is 0.395. The van der Waals surface area contributed by atoms with Crippen LogP contribution in [0.3, 0.4) is 0 Å². The van der Waals surface area contributed by atoms with Crippen LogP contribution in [0.1, 0.15) is 45.4 Å². The van der Waals surface area contributed by atoms with Crippen molar-refractivity contribution in [3.8, 4) is 0 Å². The summed E-state index contributed by atoms with van der Waals surface area (Å²) >= 11 is 0. The zero-order chi connectivity index (χ0) is 11.6. The number of rotatable bonds is 7. The van der Waals surface area contributed by atoms with Crippen molar-refractivity contribution in [3.63, 3.8) is 0 Å². The fourth-order valence-electron chi connectivity index (χ4n) is 1.94. The van der Waals surface area contributed by atoms with Crippen molar-refractivity contribution in [1.29, 1.82) is 0 Å². The van der Waals surface area contributed by atoms with Gasteiger partial charge < -0.3 is 15.8 Å². The first-order valence-corrected chi connectivity index (χ1v) is 6.47. The molecule has 94 valence electrons. The molecule has 1 rings (SSSR count). The van der Waals surface area contributed by atoms with E-state index >= 15 is 0 Å². The van der Waals surface area contributed by atoms with Crippen molar-refractivity contribution < 1.29 is 4.74 Å². The van der Waals surface area contributed by atoms with Gasteiger partial charge in [0.25, 0.3) is 0 Å². The normalized spacial score (nSPS) is 17.9. The Morgan fingerprint density at radius 2 is 2.12 bits per heavy atom. The fourth-order valence-corrected chi connectivity index (χ4v) is 1.94. The Morgan fingerprint density at radius 1 is 1.38 bits per heavy atom. The Morgan fingerprint density at radius 3 is 2.81 bits per heavy atom. The molecule has 0 radical (unpaired) electrons. The highest BCUT2D eigenvalue weighted by Gasteiger charge is 2.14. The van der Waals surface area contributed by atoms with Crippen LogP contribution in [0.25, 0.3) is 0 Å². The average molecular weight is 227 g/mol. The van der Waals surface area contributed by atoms with Crippen molar-refractivity contribution in [3.05, 3.63) is 0 Å². The monoisotopic (exact) mass is 227 g/mol. The van der Waals surface area contributed by atoms with Crippen molar-refractivity contribution in [2.24, 2.45) is 10.7 Å². The number of nitrogens with one attached hydrogen (secondary N) is 1. The Balaban J connectivity index is 1.99. The molecular weight excluding hydrogens is 202 g/mol. The SMILES string of the molecule is CCCOCCCN=C(N)NC1CCCC1. The summed E-state index contributed by atoms with van der Waals surface area (Å²) < 4.78 is 5.37. The molecule has 1 fully saturated rings. The third-order valence-corrected chi connectivity index (χ3v) is 2.78. The zero-order valence-electron chi connectivity index (χ0n) is 10.4. The van der Waals surface area contributed by atoms with E-state index in [0.717, 1.165) is 32.6 Å². The topological polar surface area (TPSA) is 59.6 Å². The Bertz CT molecular complexity index is 200. The van der Waals surface area contributed by atoms with E-state index in [4.69, 9.17) is 10.5 Å². The summed E-state index contributed by atoms with van der Waals surface area (Å²) in [6.45, 7) is 4.50.